The van der Waals surface area contributed by atoms with Crippen LogP contribution in [0, 0.1) is 0 Å². The van der Waals surface area contributed by atoms with Gasteiger partial charge < -0.3 is 4.57 Å². The lowest BCUT2D eigenvalue weighted by molar-refractivity contribution is 1.18. The Kier molecular flexibility index (Phi) is 3.55. The van der Waals surface area contributed by atoms with Crippen molar-refractivity contribution in [1.82, 2.24) is 4.57 Å². The molecule has 0 saturated carbocycles. The molecule has 26 heavy (non-hydrogen) atoms. The summed E-state index contributed by atoms with van der Waals surface area (Å²) < 4.78 is 2.25. The van der Waals surface area contributed by atoms with Crippen LogP contribution in [0.15, 0.2) is 97.1 Å². The summed E-state index contributed by atoms with van der Waals surface area (Å²) in [5.41, 5.74) is 5.65. The predicted molar refractivity (Wildman–Crippen MR) is 111 cm³/mol. The maximum absolute atomic E-state index is 6.82. The summed E-state index contributed by atoms with van der Waals surface area (Å²) in [6.07, 6.45) is 0. The van der Waals surface area contributed by atoms with Gasteiger partial charge in [0.05, 0.1) is 16.1 Å². The first-order valence-electron chi connectivity index (χ1n) is 8.66. The van der Waals surface area contributed by atoms with Gasteiger partial charge in [-0.15, -0.1) is 0 Å². The highest BCUT2D eigenvalue weighted by atomic mass is 35.5. The van der Waals surface area contributed by atoms with Gasteiger partial charge in [0.15, 0.2) is 0 Å². The van der Waals surface area contributed by atoms with Crippen LogP contribution in [-0.2, 0) is 0 Å². The van der Waals surface area contributed by atoms with Gasteiger partial charge in [-0.25, -0.2) is 0 Å². The van der Waals surface area contributed by atoms with Crippen molar-refractivity contribution in [2.45, 2.75) is 0 Å². The number of hydrogen-bond acceptors (Lipinski definition) is 0. The molecule has 124 valence electrons. The van der Waals surface area contributed by atoms with Gasteiger partial charge in [0.25, 0.3) is 0 Å². The van der Waals surface area contributed by atoms with Gasteiger partial charge in [0.2, 0.25) is 0 Å². The Morgan fingerprint density at radius 2 is 1.23 bits per heavy atom. The third kappa shape index (κ3) is 2.33. The molecule has 2 heteroatoms. The number of para-hydroxylation sites is 2. The zero-order valence-electron chi connectivity index (χ0n) is 14.1. The number of benzene rings is 4. The molecule has 1 heterocycles. The van der Waals surface area contributed by atoms with Crippen LogP contribution < -0.4 is 0 Å². The van der Waals surface area contributed by atoms with E-state index in [2.05, 4.69) is 89.5 Å². The molecule has 0 unspecified atom stereocenters. The molecular formula is C24H16ClN. The van der Waals surface area contributed by atoms with Crippen molar-refractivity contribution >= 4 is 33.4 Å². The zero-order valence-corrected chi connectivity index (χ0v) is 14.8. The first-order valence-corrected chi connectivity index (χ1v) is 9.04. The number of nitrogens with zero attached hydrogens (tertiary/aromatic N) is 1. The topological polar surface area (TPSA) is 4.93 Å². The summed E-state index contributed by atoms with van der Waals surface area (Å²) in [6.45, 7) is 0. The Morgan fingerprint density at radius 3 is 2.00 bits per heavy atom. The molecule has 0 fully saturated rings. The van der Waals surface area contributed by atoms with Gasteiger partial charge in [0, 0.05) is 16.5 Å². The van der Waals surface area contributed by atoms with Gasteiger partial charge in [-0.2, -0.15) is 0 Å². The summed E-state index contributed by atoms with van der Waals surface area (Å²) in [4.78, 5) is 0. The molecule has 0 amide bonds. The third-order valence-electron chi connectivity index (χ3n) is 4.84. The molecule has 0 radical (unpaired) electrons. The molecule has 0 aliphatic rings. The molecular weight excluding hydrogens is 338 g/mol. The Hall–Kier alpha value is -3.03. The number of hydrogen-bond donors (Lipinski definition) is 0. The first kappa shape index (κ1) is 15.2. The van der Waals surface area contributed by atoms with E-state index in [0.717, 1.165) is 21.8 Å². The van der Waals surface area contributed by atoms with Crippen LogP contribution in [0.1, 0.15) is 0 Å². The highest BCUT2D eigenvalue weighted by Crippen LogP contribution is 2.38. The van der Waals surface area contributed by atoms with Crippen LogP contribution in [0.3, 0.4) is 0 Å². The van der Waals surface area contributed by atoms with Crippen molar-refractivity contribution in [3.8, 4) is 16.8 Å². The molecule has 0 saturated heterocycles. The molecule has 0 atom stereocenters. The van der Waals surface area contributed by atoms with Gasteiger partial charge in [-0.3, -0.25) is 0 Å². The fraction of sp³-hybridized carbons (Fsp3) is 0. The van der Waals surface area contributed by atoms with E-state index in [1.54, 1.807) is 0 Å². The predicted octanol–water partition coefficient (Wildman–Crippen LogP) is 7.10. The van der Waals surface area contributed by atoms with Crippen molar-refractivity contribution in [2.75, 3.05) is 0 Å². The van der Waals surface area contributed by atoms with Crippen molar-refractivity contribution in [3.05, 3.63) is 102 Å². The summed E-state index contributed by atoms with van der Waals surface area (Å²) in [5.74, 6) is 0. The molecule has 1 nitrogen and oxygen atoms in total. The summed E-state index contributed by atoms with van der Waals surface area (Å²) >= 11 is 6.82. The van der Waals surface area contributed by atoms with Gasteiger partial charge in [-0.1, -0.05) is 78.3 Å². The molecule has 1 aromatic heterocycles. The van der Waals surface area contributed by atoms with E-state index in [-0.39, 0.29) is 0 Å². The maximum Gasteiger partial charge on any atom is 0.0727 e. The van der Waals surface area contributed by atoms with Crippen LogP contribution in [0.25, 0.3) is 38.6 Å². The summed E-state index contributed by atoms with van der Waals surface area (Å²) in [7, 11) is 0. The van der Waals surface area contributed by atoms with E-state index in [4.69, 9.17) is 11.6 Å². The number of rotatable bonds is 2. The second-order valence-electron chi connectivity index (χ2n) is 6.41. The Labute approximate surface area is 157 Å². The van der Waals surface area contributed by atoms with Crippen molar-refractivity contribution in [2.24, 2.45) is 0 Å². The minimum Gasteiger partial charge on any atom is -0.308 e. The number of aromatic nitrogens is 1. The van der Waals surface area contributed by atoms with Crippen LogP contribution in [0.5, 0.6) is 0 Å². The second kappa shape index (κ2) is 6.05. The van der Waals surface area contributed by atoms with E-state index in [9.17, 15) is 0 Å². The molecule has 5 aromatic rings. The second-order valence-corrected chi connectivity index (χ2v) is 6.82. The molecule has 0 bridgehead atoms. The van der Waals surface area contributed by atoms with E-state index in [1.807, 2.05) is 12.1 Å². The van der Waals surface area contributed by atoms with Crippen molar-refractivity contribution in [1.29, 1.82) is 0 Å². The molecule has 0 aliphatic heterocycles. The monoisotopic (exact) mass is 353 g/mol. The zero-order chi connectivity index (χ0) is 17.5. The Balaban J connectivity index is 1.91. The lowest BCUT2D eigenvalue weighted by atomic mass is 10.0. The average molecular weight is 354 g/mol. The van der Waals surface area contributed by atoms with E-state index < -0.39 is 0 Å². The molecule has 4 aromatic carbocycles. The Bertz CT molecular complexity index is 1220. The fourth-order valence-corrected chi connectivity index (χ4v) is 3.99. The number of halogens is 1. The Morgan fingerprint density at radius 1 is 0.577 bits per heavy atom. The largest absolute Gasteiger partial charge is 0.308 e. The van der Waals surface area contributed by atoms with Gasteiger partial charge in [0.1, 0.15) is 0 Å². The smallest absolute Gasteiger partial charge is 0.0727 e. The van der Waals surface area contributed by atoms with E-state index in [1.165, 1.54) is 21.9 Å². The summed E-state index contributed by atoms with van der Waals surface area (Å²) in [5, 5.41) is 3.16. The highest BCUT2D eigenvalue weighted by molar-refractivity contribution is 6.37. The maximum atomic E-state index is 6.82. The molecule has 0 aliphatic carbocycles. The normalized spacial score (nSPS) is 11.3. The van der Waals surface area contributed by atoms with Crippen LogP contribution >= 0.6 is 11.6 Å². The fourth-order valence-electron chi connectivity index (χ4n) is 3.69. The van der Waals surface area contributed by atoms with E-state index in [0.29, 0.717) is 0 Å². The van der Waals surface area contributed by atoms with Gasteiger partial charge in [-0.05, 0) is 41.5 Å². The lowest BCUT2D eigenvalue weighted by Crippen LogP contribution is -1.93. The quantitative estimate of drug-likeness (QED) is 0.319. The minimum atomic E-state index is 0.765. The van der Waals surface area contributed by atoms with Crippen LogP contribution in [0.4, 0.5) is 0 Å². The molecule has 5 rings (SSSR count). The lowest BCUT2D eigenvalue weighted by Gasteiger charge is -2.10. The third-order valence-corrected chi connectivity index (χ3v) is 5.13. The molecule has 0 spiro atoms. The molecule has 0 N–H and O–H groups in total. The van der Waals surface area contributed by atoms with Crippen LogP contribution in [-0.4, -0.2) is 4.57 Å². The standard InChI is InChI=1S/C24H16ClN/c25-22-16-18(17-9-3-1-4-10-17)15-21-20-13-7-8-14-23(20)26(24(21)22)19-11-5-2-6-12-19/h1-16H. The highest BCUT2D eigenvalue weighted by Gasteiger charge is 2.16. The average Bonchev–Trinajstić information content (AvgIpc) is 3.04. The minimum absolute atomic E-state index is 0.765. The van der Waals surface area contributed by atoms with Gasteiger partial charge >= 0.3 is 0 Å². The SMILES string of the molecule is Clc1cc(-c2ccccc2)cc2c3ccccc3n(-c3ccccc3)c12. The number of fused-ring (bicyclic) bond motifs is 3. The summed E-state index contributed by atoms with van der Waals surface area (Å²) in [6, 6.07) is 33.6. The van der Waals surface area contributed by atoms with Crippen molar-refractivity contribution in [3.63, 3.8) is 0 Å². The first-order chi connectivity index (χ1) is 12.8. The van der Waals surface area contributed by atoms with Crippen molar-refractivity contribution < 1.29 is 0 Å². The van der Waals surface area contributed by atoms with Crippen LogP contribution in [0.2, 0.25) is 5.02 Å². The van der Waals surface area contributed by atoms with E-state index >= 15 is 0 Å².